The molecule has 10 heteroatoms. The van der Waals surface area contributed by atoms with Crippen LogP contribution in [0.5, 0.6) is 0 Å². The molecule has 0 aliphatic heterocycles. The average molecular weight is 659 g/mol. The number of rotatable bonds is 10. The van der Waals surface area contributed by atoms with E-state index in [2.05, 4.69) is 59.1 Å². The number of nitrogens with one attached hydrogen (secondary N) is 1. The van der Waals surface area contributed by atoms with Gasteiger partial charge in [0.15, 0.2) is 26.3 Å². The van der Waals surface area contributed by atoms with Crippen LogP contribution in [0.2, 0.25) is 18.1 Å². The van der Waals surface area contributed by atoms with Gasteiger partial charge in [0.1, 0.15) is 0 Å². The molecule has 9 nitrogen and oxygen atoms in total. The highest BCUT2D eigenvalue weighted by Gasteiger charge is 2.73. The lowest BCUT2D eigenvalue weighted by atomic mass is 9.46. The number of allylic oxidation sites excluding steroid dienone is 4. The molecule has 0 aromatic rings. The first-order valence-corrected chi connectivity index (χ1v) is 20.1. The number of fused-ring (bicyclic) bond motifs is 5. The van der Waals surface area contributed by atoms with E-state index in [4.69, 9.17) is 13.9 Å². The van der Waals surface area contributed by atoms with Crippen molar-refractivity contribution in [3.8, 4) is 0 Å². The van der Waals surface area contributed by atoms with Crippen LogP contribution in [0.15, 0.2) is 23.8 Å². The number of ketones is 2. The highest BCUT2D eigenvalue weighted by molar-refractivity contribution is 6.74. The molecular weight excluding hydrogens is 600 g/mol. The van der Waals surface area contributed by atoms with Crippen molar-refractivity contribution in [1.29, 1.82) is 0 Å². The standard InChI is InChI=1S/C36H58N2O7Si/c1-12-30(41)44-36(29(40)22-43-32(42)38(9)18-17-37-8)23(2)19-27-26-14-13-24-20-25(39)15-16-34(24,6)31(26)28(21-35(27,36)7)45-46(10,11)33(3,4)5/h15-16,20,23,26-28,31,37H,12-14,17-19,21-22H2,1-11H3/t23-,26+,27+,28+,31?,34+,35+,36+/m1/s1. The van der Waals surface area contributed by atoms with Gasteiger partial charge in [-0.25, -0.2) is 4.79 Å². The van der Waals surface area contributed by atoms with Crippen LogP contribution in [-0.4, -0.2) is 82.3 Å². The van der Waals surface area contributed by atoms with Crippen molar-refractivity contribution in [2.24, 2.45) is 34.5 Å². The molecule has 1 amide bonds. The number of ether oxygens (including phenoxy) is 2. The van der Waals surface area contributed by atoms with Crippen LogP contribution in [0.4, 0.5) is 4.79 Å². The Kier molecular flexibility index (Phi) is 10.3. The van der Waals surface area contributed by atoms with Gasteiger partial charge < -0.3 is 24.1 Å². The number of amides is 1. The monoisotopic (exact) mass is 658 g/mol. The number of carbonyl (C=O) groups is 4. The van der Waals surface area contributed by atoms with E-state index in [-0.39, 0.29) is 58.2 Å². The van der Waals surface area contributed by atoms with Crippen molar-refractivity contribution < 1.29 is 33.1 Å². The van der Waals surface area contributed by atoms with Gasteiger partial charge in [0.05, 0.1) is 0 Å². The van der Waals surface area contributed by atoms with Crippen LogP contribution in [0.1, 0.15) is 80.6 Å². The fraction of sp³-hybridized carbons (Fsp3) is 0.778. The summed E-state index contributed by atoms with van der Waals surface area (Å²) in [5.74, 6) is -0.699. The number of hydrogen-bond acceptors (Lipinski definition) is 8. The van der Waals surface area contributed by atoms with Crippen molar-refractivity contribution in [2.75, 3.05) is 33.8 Å². The molecule has 4 aliphatic rings. The third-order valence-corrected chi connectivity index (χ3v) is 17.1. The predicted molar refractivity (Wildman–Crippen MR) is 181 cm³/mol. The quantitative estimate of drug-likeness (QED) is 0.222. The minimum Gasteiger partial charge on any atom is -0.450 e. The molecule has 0 bridgehead atoms. The summed E-state index contributed by atoms with van der Waals surface area (Å²) >= 11 is 0. The van der Waals surface area contributed by atoms with Crippen LogP contribution in [0, 0.1) is 34.5 Å². The molecule has 0 heterocycles. The lowest BCUT2D eigenvalue weighted by molar-refractivity contribution is -0.204. The minimum atomic E-state index is -2.32. The maximum Gasteiger partial charge on any atom is 0.409 e. The Balaban J connectivity index is 1.81. The van der Waals surface area contributed by atoms with E-state index in [1.54, 1.807) is 27.1 Å². The van der Waals surface area contributed by atoms with E-state index in [1.165, 1.54) is 4.90 Å². The smallest absolute Gasteiger partial charge is 0.409 e. The van der Waals surface area contributed by atoms with E-state index < -0.39 is 38.0 Å². The Bertz CT molecular complexity index is 1290. The molecule has 1 N–H and O–H groups in total. The number of hydrogen-bond donors (Lipinski definition) is 1. The van der Waals surface area contributed by atoms with Crippen LogP contribution in [0.25, 0.3) is 0 Å². The first kappa shape index (κ1) is 36.5. The summed E-state index contributed by atoms with van der Waals surface area (Å²) in [7, 11) is 1.12. The molecule has 0 radical (unpaired) electrons. The number of esters is 1. The molecule has 1 unspecified atom stereocenters. The van der Waals surface area contributed by atoms with E-state index in [1.807, 2.05) is 13.0 Å². The molecule has 258 valence electrons. The van der Waals surface area contributed by atoms with E-state index in [0.717, 1.165) is 18.4 Å². The zero-order chi connectivity index (χ0) is 34.5. The lowest BCUT2D eigenvalue weighted by Gasteiger charge is -2.62. The number of likely N-dealkylation sites (N-methyl/N-ethyl adjacent to an activating group) is 2. The van der Waals surface area contributed by atoms with Crippen LogP contribution in [-0.2, 0) is 28.3 Å². The second-order valence-corrected chi connectivity index (χ2v) is 21.0. The van der Waals surface area contributed by atoms with Gasteiger partial charge in [-0.3, -0.25) is 14.4 Å². The maximum atomic E-state index is 14.6. The SMILES string of the molecule is CCC(=O)O[C@]1(C(=O)COC(=O)N(C)CCNC)[C@H](C)C[C@H]2[C@@H]3CCC4=CC(=O)C=C[C@]4(C)C3[C@@H](O[Si](C)(C)C(C)(C)C)C[C@@]21C. The fourth-order valence-corrected chi connectivity index (χ4v) is 10.4. The molecular formula is C36H58N2O7Si. The summed E-state index contributed by atoms with van der Waals surface area (Å²) in [4.78, 5) is 54.6. The Morgan fingerprint density at radius 2 is 1.85 bits per heavy atom. The molecule has 3 saturated carbocycles. The minimum absolute atomic E-state index is 0.0326. The Labute approximate surface area is 277 Å². The molecule has 0 saturated heterocycles. The van der Waals surface area contributed by atoms with Gasteiger partial charge in [-0.15, -0.1) is 0 Å². The second-order valence-electron chi connectivity index (χ2n) is 16.3. The molecule has 8 atom stereocenters. The van der Waals surface area contributed by atoms with Crippen molar-refractivity contribution in [3.05, 3.63) is 23.8 Å². The van der Waals surface area contributed by atoms with Crippen LogP contribution in [0.3, 0.4) is 0 Å². The average Bonchev–Trinajstić information content (AvgIpc) is 3.19. The highest BCUT2D eigenvalue weighted by atomic mass is 28.4. The Hall–Kier alpha value is -2.30. The number of nitrogens with zero attached hydrogens (tertiary/aromatic N) is 1. The highest BCUT2D eigenvalue weighted by Crippen LogP contribution is 2.70. The summed E-state index contributed by atoms with van der Waals surface area (Å²) in [5, 5.41) is 2.96. The molecule has 46 heavy (non-hydrogen) atoms. The molecule has 0 spiro atoms. The van der Waals surface area contributed by atoms with E-state index in [9.17, 15) is 19.2 Å². The van der Waals surface area contributed by atoms with Gasteiger partial charge >= 0.3 is 12.1 Å². The normalized spacial score (nSPS) is 35.4. The van der Waals surface area contributed by atoms with Crippen molar-refractivity contribution >= 4 is 31.9 Å². The van der Waals surface area contributed by atoms with Gasteiger partial charge in [-0.1, -0.05) is 60.1 Å². The van der Waals surface area contributed by atoms with E-state index in [0.29, 0.717) is 25.9 Å². The second kappa shape index (κ2) is 13.0. The zero-order valence-corrected chi connectivity index (χ0v) is 31.1. The molecule has 3 fully saturated rings. The summed E-state index contributed by atoms with van der Waals surface area (Å²) in [5.41, 5.74) is -1.41. The molecule has 0 aromatic carbocycles. The van der Waals surface area contributed by atoms with Crippen LogP contribution >= 0.6 is 0 Å². The molecule has 0 aromatic heterocycles. The topological polar surface area (TPSA) is 111 Å². The number of Topliss-reactive ketones (excluding diaryl/α,β-unsaturated/α-hetero) is 1. The Morgan fingerprint density at radius 1 is 1.17 bits per heavy atom. The van der Waals surface area contributed by atoms with Crippen molar-refractivity contribution in [3.63, 3.8) is 0 Å². The third kappa shape index (κ3) is 6.07. The van der Waals surface area contributed by atoms with Gasteiger partial charge in [0, 0.05) is 49.4 Å². The van der Waals surface area contributed by atoms with Crippen LogP contribution < -0.4 is 5.32 Å². The third-order valence-electron chi connectivity index (χ3n) is 12.6. The summed E-state index contributed by atoms with van der Waals surface area (Å²) in [6.45, 7) is 19.9. The molecule has 4 rings (SSSR count). The van der Waals surface area contributed by atoms with E-state index >= 15 is 0 Å². The fourth-order valence-electron chi connectivity index (χ4n) is 9.11. The van der Waals surface area contributed by atoms with Gasteiger partial charge in [-0.2, -0.15) is 0 Å². The van der Waals surface area contributed by atoms with Gasteiger partial charge in [0.25, 0.3) is 0 Å². The molecule has 4 aliphatic carbocycles. The summed E-state index contributed by atoms with van der Waals surface area (Å²) < 4.78 is 19.4. The number of carbonyl (C=O) groups excluding carboxylic acids is 4. The maximum absolute atomic E-state index is 14.6. The first-order chi connectivity index (χ1) is 21.3. The lowest BCUT2D eigenvalue weighted by Crippen LogP contribution is -2.65. The first-order valence-electron chi connectivity index (χ1n) is 17.2. The van der Waals surface area contributed by atoms with Gasteiger partial charge in [0.2, 0.25) is 5.78 Å². The van der Waals surface area contributed by atoms with Crippen molar-refractivity contribution in [1.82, 2.24) is 10.2 Å². The van der Waals surface area contributed by atoms with Crippen molar-refractivity contribution in [2.45, 2.75) is 110 Å². The zero-order valence-electron chi connectivity index (χ0n) is 30.1. The van der Waals surface area contributed by atoms with Gasteiger partial charge in [-0.05, 0) is 80.8 Å². The predicted octanol–water partition coefficient (Wildman–Crippen LogP) is 6.09. The summed E-state index contributed by atoms with van der Waals surface area (Å²) in [6, 6.07) is 0. The summed E-state index contributed by atoms with van der Waals surface area (Å²) in [6.07, 6.45) is 7.85. The Morgan fingerprint density at radius 3 is 2.46 bits per heavy atom. The largest absolute Gasteiger partial charge is 0.450 e.